The van der Waals surface area contributed by atoms with Crippen LogP contribution in [0.2, 0.25) is 0 Å². The van der Waals surface area contributed by atoms with Gasteiger partial charge >= 0.3 is 0 Å². The van der Waals surface area contributed by atoms with Gasteiger partial charge in [0.15, 0.2) is 0 Å². The van der Waals surface area contributed by atoms with E-state index in [1.165, 1.54) is 4.88 Å². The summed E-state index contributed by atoms with van der Waals surface area (Å²) in [6.45, 7) is 0.737. The number of benzene rings is 1. The molecule has 0 spiro atoms. The second-order valence-corrected chi connectivity index (χ2v) is 4.25. The molecule has 2 aromatic rings. The van der Waals surface area contributed by atoms with Crippen molar-refractivity contribution in [1.82, 2.24) is 4.98 Å². The number of nitrogens with zero attached hydrogens (tertiary/aromatic N) is 1. The number of hydrogen-bond acceptors (Lipinski definition) is 5. The van der Waals surface area contributed by atoms with E-state index >= 15 is 0 Å². The highest BCUT2D eigenvalue weighted by Gasteiger charge is 2.01. The Balaban J connectivity index is 2.04. The molecule has 1 aromatic heterocycles. The summed E-state index contributed by atoms with van der Waals surface area (Å²) in [6.07, 6.45) is 1.84. The van der Waals surface area contributed by atoms with E-state index in [0.717, 1.165) is 18.0 Å². The molecule has 0 saturated carbocycles. The number of aromatic nitrogens is 1. The molecule has 0 amide bonds. The first-order valence-electron chi connectivity index (χ1n) is 4.84. The van der Waals surface area contributed by atoms with Crippen molar-refractivity contribution in [3.05, 3.63) is 34.8 Å². The van der Waals surface area contributed by atoms with Crippen LogP contribution in [-0.2, 0) is 6.54 Å². The quantitative estimate of drug-likeness (QED) is 0.799. The lowest BCUT2D eigenvalue weighted by atomic mass is 10.2. The van der Waals surface area contributed by atoms with Gasteiger partial charge in [-0.15, -0.1) is 11.3 Å². The van der Waals surface area contributed by atoms with E-state index in [4.69, 9.17) is 10.5 Å². The zero-order chi connectivity index (χ0) is 11.4. The van der Waals surface area contributed by atoms with Gasteiger partial charge in [-0.25, -0.2) is 0 Å². The van der Waals surface area contributed by atoms with Crippen LogP contribution in [0, 0.1) is 0 Å². The van der Waals surface area contributed by atoms with Crippen LogP contribution in [0.15, 0.2) is 29.9 Å². The Bertz CT molecular complexity index is 456. The molecule has 0 fully saturated rings. The lowest BCUT2D eigenvalue weighted by Crippen LogP contribution is -2.01. The molecule has 0 saturated heterocycles. The lowest BCUT2D eigenvalue weighted by molar-refractivity contribution is 0.415. The van der Waals surface area contributed by atoms with Crippen LogP contribution in [0.25, 0.3) is 0 Å². The molecule has 0 aliphatic carbocycles. The monoisotopic (exact) mass is 235 g/mol. The van der Waals surface area contributed by atoms with Crippen LogP contribution in [0.5, 0.6) is 5.75 Å². The van der Waals surface area contributed by atoms with E-state index in [-0.39, 0.29) is 0 Å². The number of rotatable bonds is 4. The minimum atomic E-state index is 0.684. The maximum absolute atomic E-state index is 5.88. The van der Waals surface area contributed by atoms with Crippen LogP contribution < -0.4 is 15.8 Å². The van der Waals surface area contributed by atoms with E-state index in [1.807, 2.05) is 23.8 Å². The third-order valence-corrected chi connectivity index (χ3v) is 2.97. The molecule has 0 aliphatic rings. The number of methoxy groups -OCH3 is 1. The highest BCUT2D eigenvalue weighted by Crippen LogP contribution is 2.24. The zero-order valence-corrected chi connectivity index (χ0v) is 9.75. The molecular formula is C11H13N3OS. The Morgan fingerprint density at radius 1 is 1.50 bits per heavy atom. The van der Waals surface area contributed by atoms with Crippen molar-refractivity contribution in [2.75, 3.05) is 18.2 Å². The number of thiazole rings is 1. The first-order valence-corrected chi connectivity index (χ1v) is 5.72. The molecule has 16 heavy (non-hydrogen) atoms. The van der Waals surface area contributed by atoms with Gasteiger partial charge < -0.3 is 15.8 Å². The first-order chi connectivity index (χ1) is 7.79. The minimum absolute atomic E-state index is 0.684. The fraction of sp³-hybridized carbons (Fsp3) is 0.182. The normalized spacial score (nSPS) is 10.1. The second-order valence-electron chi connectivity index (χ2n) is 3.27. The van der Waals surface area contributed by atoms with Crippen LogP contribution >= 0.6 is 11.3 Å². The Morgan fingerprint density at radius 2 is 2.38 bits per heavy atom. The number of nitrogen functional groups attached to an aromatic ring is 1. The molecule has 5 heteroatoms. The first kappa shape index (κ1) is 10.8. The van der Waals surface area contributed by atoms with Gasteiger partial charge in [0.2, 0.25) is 0 Å². The minimum Gasteiger partial charge on any atom is -0.497 e. The van der Waals surface area contributed by atoms with Gasteiger partial charge in [-0.2, -0.15) is 0 Å². The predicted molar refractivity (Wildman–Crippen MR) is 66.8 cm³/mol. The number of nitrogens with one attached hydrogen (secondary N) is 1. The maximum atomic E-state index is 5.88. The van der Waals surface area contributed by atoms with Crippen LogP contribution in [0.3, 0.4) is 0 Å². The van der Waals surface area contributed by atoms with E-state index in [0.29, 0.717) is 5.69 Å². The number of anilines is 2. The molecule has 4 nitrogen and oxygen atoms in total. The summed E-state index contributed by atoms with van der Waals surface area (Å²) in [7, 11) is 1.62. The summed E-state index contributed by atoms with van der Waals surface area (Å²) in [5.41, 5.74) is 9.29. The zero-order valence-electron chi connectivity index (χ0n) is 8.93. The fourth-order valence-corrected chi connectivity index (χ4v) is 1.87. The van der Waals surface area contributed by atoms with E-state index in [2.05, 4.69) is 10.3 Å². The van der Waals surface area contributed by atoms with E-state index < -0.39 is 0 Å². The molecule has 0 aliphatic heterocycles. The molecular weight excluding hydrogens is 222 g/mol. The summed E-state index contributed by atoms with van der Waals surface area (Å²) in [4.78, 5) is 5.19. The van der Waals surface area contributed by atoms with Crippen LogP contribution in [0.4, 0.5) is 11.4 Å². The summed E-state index contributed by atoms with van der Waals surface area (Å²) in [5, 5.41) is 3.26. The molecule has 0 atom stereocenters. The van der Waals surface area contributed by atoms with Crippen LogP contribution in [0.1, 0.15) is 4.88 Å². The van der Waals surface area contributed by atoms with Gasteiger partial charge in [0.25, 0.3) is 0 Å². The van der Waals surface area contributed by atoms with E-state index in [9.17, 15) is 0 Å². The summed E-state index contributed by atoms with van der Waals surface area (Å²) in [6, 6.07) is 5.59. The summed E-state index contributed by atoms with van der Waals surface area (Å²) in [5.74, 6) is 0.765. The highest BCUT2D eigenvalue weighted by molar-refractivity contribution is 7.09. The van der Waals surface area contributed by atoms with Gasteiger partial charge in [0.05, 0.1) is 30.5 Å². The Labute approximate surface area is 98.1 Å². The third kappa shape index (κ3) is 2.43. The van der Waals surface area contributed by atoms with Crippen molar-refractivity contribution in [2.24, 2.45) is 0 Å². The fourth-order valence-electron chi connectivity index (χ4n) is 1.34. The topological polar surface area (TPSA) is 60.2 Å². The molecule has 2 rings (SSSR count). The number of nitrogens with two attached hydrogens (primary N) is 1. The summed E-state index contributed by atoms with van der Waals surface area (Å²) >= 11 is 1.62. The van der Waals surface area contributed by atoms with Crippen molar-refractivity contribution >= 4 is 22.7 Å². The van der Waals surface area contributed by atoms with Gasteiger partial charge in [-0.3, -0.25) is 4.98 Å². The van der Waals surface area contributed by atoms with Crippen molar-refractivity contribution in [3.8, 4) is 5.75 Å². The van der Waals surface area contributed by atoms with Crippen molar-refractivity contribution in [3.63, 3.8) is 0 Å². The number of ether oxygens (including phenoxy) is 1. The summed E-state index contributed by atoms with van der Waals surface area (Å²) < 4.78 is 5.08. The Morgan fingerprint density at radius 3 is 3.00 bits per heavy atom. The molecule has 1 aromatic carbocycles. The molecule has 84 valence electrons. The molecule has 0 radical (unpaired) electrons. The van der Waals surface area contributed by atoms with Crippen molar-refractivity contribution in [1.29, 1.82) is 0 Å². The molecule has 3 N–H and O–H groups in total. The van der Waals surface area contributed by atoms with Crippen LogP contribution in [-0.4, -0.2) is 12.1 Å². The van der Waals surface area contributed by atoms with Crippen molar-refractivity contribution < 1.29 is 4.74 Å². The Hall–Kier alpha value is -1.75. The third-order valence-electron chi connectivity index (χ3n) is 2.20. The lowest BCUT2D eigenvalue weighted by Gasteiger charge is -2.09. The molecule has 0 bridgehead atoms. The van der Waals surface area contributed by atoms with Gasteiger partial charge in [0.1, 0.15) is 5.75 Å². The van der Waals surface area contributed by atoms with Gasteiger partial charge in [-0.05, 0) is 12.1 Å². The second kappa shape index (κ2) is 4.85. The smallest absolute Gasteiger partial charge is 0.121 e. The van der Waals surface area contributed by atoms with Gasteiger partial charge in [0, 0.05) is 17.1 Å². The Kier molecular flexibility index (Phi) is 3.26. The van der Waals surface area contributed by atoms with Crippen molar-refractivity contribution in [2.45, 2.75) is 6.54 Å². The SMILES string of the molecule is COc1ccc(NCc2cncs2)c(N)c1. The average molecular weight is 235 g/mol. The maximum Gasteiger partial charge on any atom is 0.121 e. The molecule has 0 unspecified atom stereocenters. The average Bonchev–Trinajstić information content (AvgIpc) is 2.80. The molecule has 1 heterocycles. The largest absolute Gasteiger partial charge is 0.497 e. The van der Waals surface area contributed by atoms with E-state index in [1.54, 1.807) is 24.5 Å². The highest BCUT2D eigenvalue weighted by atomic mass is 32.1. The number of hydrogen-bond donors (Lipinski definition) is 2. The standard InChI is InChI=1S/C11H13N3OS/c1-15-8-2-3-11(10(12)4-8)14-6-9-5-13-7-16-9/h2-5,7,14H,6,12H2,1H3. The van der Waals surface area contributed by atoms with Gasteiger partial charge in [-0.1, -0.05) is 0 Å². The predicted octanol–water partition coefficient (Wildman–Crippen LogP) is 2.35.